The van der Waals surface area contributed by atoms with Crippen LogP contribution in [0.2, 0.25) is 0 Å². The molecule has 2 aromatic rings. The minimum absolute atomic E-state index is 0.277. The second kappa shape index (κ2) is 8.18. The number of ether oxygens (including phenoxy) is 1. The van der Waals surface area contributed by atoms with Gasteiger partial charge < -0.3 is 9.64 Å². The second-order valence-electron chi connectivity index (χ2n) is 7.84. The minimum atomic E-state index is -4.59. The monoisotopic (exact) mass is 407 g/mol. The van der Waals surface area contributed by atoms with Gasteiger partial charge in [-0.3, -0.25) is 9.36 Å². The van der Waals surface area contributed by atoms with Crippen LogP contribution in [-0.4, -0.2) is 40.7 Å². The van der Waals surface area contributed by atoms with Crippen molar-refractivity contribution < 1.29 is 17.9 Å². The molecule has 0 aliphatic carbocycles. The van der Waals surface area contributed by atoms with E-state index in [4.69, 9.17) is 4.74 Å². The summed E-state index contributed by atoms with van der Waals surface area (Å²) in [5.41, 5.74) is 0.831. The summed E-state index contributed by atoms with van der Waals surface area (Å²) in [6.45, 7) is 4.03. The maximum atomic E-state index is 12.6. The summed E-state index contributed by atoms with van der Waals surface area (Å²) in [7, 11) is 0. The molecule has 29 heavy (non-hydrogen) atoms. The van der Waals surface area contributed by atoms with E-state index in [1.54, 1.807) is 0 Å². The molecule has 0 N–H and O–H groups in total. The van der Waals surface area contributed by atoms with Crippen molar-refractivity contribution in [2.45, 2.75) is 38.4 Å². The van der Waals surface area contributed by atoms with E-state index in [1.807, 2.05) is 0 Å². The van der Waals surface area contributed by atoms with Crippen molar-refractivity contribution >= 4 is 0 Å². The molecular formula is C21H24F3N3O2. The van der Waals surface area contributed by atoms with Crippen molar-refractivity contribution in [3.63, 3.8) is 0 Å². The Morgan fingerprint density at radius 1 is 1.17 bits per heavy atom. The first-order chi connectivity index (χ1) is 13.9. The molecule has 0 spiro atoms. The van der Waals surface area contributed by atoms with E-state index in [2.05, 4.69) is 28.1 Å². The molecule has 0 unspecified atom stereocenters. The predicted molar refractivity (Wildman–Crippen MR) is 102 cm³/mol. The van der Waals surface area contributed by atoms with Gasteiger partial charge in [-0.25, -0.2) is 4.98 Å². The summed E-state index contributed by atoms with van der Waals surface area (Å²) < 4.78 is 44.8. The fraction of sp³-hybridized carbons (Fsp3) is 0.524. The molecule has 2 aliphatic rings. The largest absolute Gasteiger partial charge is 0.493 e. The lowest BCUT2D eigenvalue weighted by Crippen LogP contribution is -2.37. The molecule has 0 radical (unpaired) electrons. The minimum Gasteiger partial charge on any atom is -0.493 e. The van der Waals surface area contributed by atoms with E-state index in [-0.39, 0.29) is 5.92 Å². The zero-order valence-electron chi connectivity index (χ0n) is 16.1. The van der Waals surface area contributed by atoms with Gasteiger partial charge in [-0.15, -0.1) is 0 Å². The molecular weight excluding hydrogens is 383 g/mol. The number of hydrogen-bond acceptors (Lipinski definition) is 4. The highest BCUT2D eigenvalue weighted by molar-refractivity contribution is 5.39. The molecule has 8 heteroatoms. The van der Waals surface area contributed by atoms with Gasteiger partial charge in [0.25, 0.3) is 5.56 Å². The van der Waals surface area contributed by atoms with Crippen LogP contribution in [-0.2, 0) is 25.6 Å². The number of piperidine rings is 1. The number of hydrogen-bond donors (Lipinski definition) is 0. The fourth-order valence-corrected chi connectivity index (χ4v) is 4.07. The third-order valence-corrected chi connectivity index (χ3v) is 5.80. The Morgan fingerprint density at radius 3 is 2.69 bits per heavy atom. The number of rotatable bonds is 5. The van der Waals surface area contributed by atoms with Gasteiger partial charge in [0.1, 0.15) is 5.75 Å². The topological polar surface area (TPSA) is 47.4 Å². The number of halogens is 3. The summed E-state index contributed by atoms with van der Waals surface area (Å²) in [5.74, 6) is 1.28. The summed E-state index contributed by atoms with van der Waals surface area (Å²) in [6.07, 6.45) is 0.245. The first-order valence-electron chi connectivity index (χ1n) is 9.99. The summed E-state index contributed by atoms with van der Waals surface area (Å²) >= 11 is 0. The number of nitrogens with zero attached hydrogens (tertiary/aromatic N) is 3. The Labute approximate surface area is 167 Å². The van der Waals surface area contributed by atoms with E-state index in [0.717, 1.165) is 64.0 Å². The first-order valence-corrected chi connectivity index (χ1v) is 9.99. The molecule has 1 fully saturated rings. The van der Waals surface area contributed by atoms with E-state index in [9.17, 15) is 18.0 Å². The number of fused-ring (bicyclic) bond motifs is 1. The quantitative estimate of drug-likeness (QED) is 0.764. The lowest BCUT2D eigenvalue weighted by atomic mass is 9.96. The Morgan fingerprint density at radius 2 is 1.97 bits per heavy atom. The van der Waals surface area contributed by atoms with Gasteiger partial charge in [0.15, 0.2) is 5.69 Å². The van der Waals surface area contributed by atoms with Crippen LogP contribution < -0.4 is 10.3 Å². The standard InChI is InChI=1S/C21H24F3N3O2/c22-21(23,24)19-12-20(28)27(14-25-19)13-16-4-8-26(9-5-16)7-3-15-1-2-18-17(11-15)6-10-29-18/h1-2,11-12,14,16H,3-10,13H2. The number of likely N-dealkylation sites (tertiary alicyclic amines) is 1. The van der Waals surface area contributed by atoms with E-state index in [1.165, 1.54) is 15.7 Å². The van der Waals surface area contributed by atoms with Gasteiger partial charge in [0, 0.05) is 25.6 Å². The van der Waals surface area contributed by atoms with Crippen LogP contribution in [0.15, 0.2) is 35.4 Å². The molecule has 0 bridgehead atoms. The van der Waals surface area contributed by atoms with Crippen molar-refractivity contribution in [1.29, 1.82) is 0 Å². The lowest BCUT2D eigenvalue weighted by molar-refractivity contribution is -0.141. The second-order valence-corrected chi connectivity index (χ2v) is 7.84. The fourth-order valence-electron chi connectivity index (χ4n) is 4.07. The Bertz CT molecular complexity index is 918. The molecule has 0 saturated carbocycles. The molecule has 156 valence electrons. The van der Waals surface area contributed by atoms with Crippen molar-refractivity contribution in [3.05, 3.63) is 57.8 Å². The molecule has 1 saturated heterocycles. The molecule has 0 atom stereocenters. The molecule has 1 aromatic heterocycles. The molecule has 4 rings (SSSR count). The zero-order valence-corrected chi connectivity index (χ0v) is 16.1. The Hall–Kier alpha value is -2.35. The highest BCUT2D eigenvalue weighted by atomic mass is 19.4. The molecule has 5 nitrogen and oxygen atoms in total. The summed E-state index contributed by atoms with van der Waals surface area (Å²) in [4.78, 5) is 17.8. The number of alkyl halides is 3. The van der Waals surface area contributed by atoms with Crippen LogP contribution in [0.25, 0.3) is 0 Å². The third kappa shape index (κ3) is 4.80. The maximum absolute atomic E-state index is 12.6. The summed E-state index contributed by atoms with van der Waals surface area (Å²) in [5, 5.41) is 0. The van der Waals surface area contributed by atoms with Gasteiger partial charge in [-0.2, -0.15) is 13.2 Å². The van der Waals surface area contributed by atoms with Gasteiger partial charge in [0.2, 0.25) is 0 Å². The van der Waals surface area contributed by atoms with Crippen molar-refractivity contribution in [2.75, 3.05) is 26.2 Å². The van der Waals surface area contributed by atoms with Crippen molar-refractivity contribution in [1.82, 2.24) is 14.5 Å². The number of benzene rings is 1. The van der Waals surface area contributed by atoms with Crippen LogP contribution >= 0.6 is 0 Å². The van der Waals surface area contributed by atoms with Gasteiger partial charge in [-0.1, -0.05) is 12.1 Å². The average molecular weight is 407 g/mol. The predicted octanol–water partition coefficient (Wildman–Crippen LogP) is 3.15. The van der Waals surface area contributed by atoms with Crippen LogP contribution in [0.1, 0.15) is 29.7 Å². The van der Waals surface area contributed by atoms with Crippen LogP contribution in [0, 0.1) is 5.92 Å². The van der Waals surface area contributed by atoms with Crippen LogP contribution in [0.4, 0.5) is 13.2 Å². The van der Waals surface area contributed by atoms with E-state index in [0.29, 0.717) is 12.6 Å². The number of aromatic nitrogens is 2. The third-order valence-electron chi connectivity index (χ3n) is 5.80. The Balaban J connectivity index is 1.26. The van der Waals surface area contributed by atoms with Crippen molar-refractivity contribution in [2.24, 2.45) is 5.92 Å². The highest BCUT2D eigenvalue weighted by Crippen LogP contribution is 2.27. The smallest absolute Gasteiger partial charge is 0.433 e. The normalized spacial score (nSPS) is 17.9. The Kier molecular flexibility index (Phi) is 5.63. The average Bonchev–Trinajstić information content (AvgIpc) is 3.16. The molecule has 1 aromatic carbocycles. The SMILES string of the molecule is O=c1cc(C(F)(F)F)ncn1CC1CCN(CCc2ccc3c(c2)CCO3)CC1. The molecule has 3 heterocycles. The van der Waals surface area contributed by atoms with Gasteiger partial charge in [0.05, 0.1) is 12.9 Å². The molecule has 2 aliphatic heterocycles. The molecule has 0 amide bonds. The van der Waals surface area contributed by atoms with Crippen LogP contribution in [0.5, 0.6) is 5.75 Å². The van der Waals surface area contributed by atoms with Gasteiger partial charge in [-0.05, 0) is 55.5 Å². The van der Waals surface area contributed by atoms with E-state index >= 15 is 0 Å². The van der Waals surface area contributed by atoms with E-state index < -0.39 is 17.4 Å². The first kappa shape index (κ1) is 19.9. The zero-order chi connectivity index (χ0) is 20.4. The summed E-state index contributed by atoms with van der Waals surface area (Å²) in [6, 6.07) is 7.00. The van der Waals surface area contributed by atoms with Crippen molar-refractivity contribution in [3.8, 4) is 5.75 Å². The maximum Gasteiger partial charge on any atom is 0.433 e. The van der Waals surface area contributed by atoms with Gasteiger partial charge >= 0.3 is 6.18 Å². The van der Waals surface area contributed by atoms with Crippen LogP contribution in [0.3, 0.4) is 0 Å². The highest BCUT2D eigenvalue weighted by Gasteiger charge is 2.33. The lowest BCUT2D eigenvalue weighted by Gasteiger charge is -2.32.